The highest BCUT2D eigenvalue weighted by Gasteiger charge is 2.29. The highest BCUT2D eigenvalue weighted by atomic mass is 16.2. The molecule has 0 aromatic carbocycles. The molecule has 2 aliphatic heterocycles. The maximum Gasteiger partial charge on any atom is 0.317 e. The van der Waals surface area contributed by atoms with Gasteiger partial charge in [0.15, 0.2) is 0 Å². The molecule has 14 heavy (non-hydrogen) atoms. The molecule has 80 valence electrons. The predicted molar refractivity (Wildman–Crippen MR) is 55.2 cm³/mol. The predicted octanol–water partition coefficient (Wildman–Crippen LogP) is 0.400. The highest BCUT2D eigenvalue weighted by molar-refractivity contribution is 5.75. The minimum Gasteiger partial charge on any atom is -0.338 e. The second kappa shape index (κ2) is 4.17. The summed E-state index contributed by atoms with van der Waals surface area (Å²) in [6.07, 6.45) is 2.22. The van der Waals surface area contributed by atoms with Gasteiger partial charge in [0, 0.05) is 25.7 Å². The lowest BCUT2D eigenvalue weighted by molar-refractivity contribution is 0.137. The fourth-order valence-corrected chi connectivity index (χ4v) is 2.36. The first-order chi connectivity index (χ1) is 6.77. The lowest BCUT2D eigenvalue weighted by Crippen LogP contribution is -2.56. The molecule has 2 atom stereocenters. The van der Waals surface area contributed by atoms with Gasteiger partial charge in [-0.3, -0.25) is 0 Å². The summed E-state index contributed by atoms with van der Waals surface area (Å²) < 4.78 is 0. The normalized spacial score (nSPS) is 34.1. The molecular weight excluding hydrogens is 178 g/mol. The molecule has 2 heterocycles. The third-order valence-electron chi connectivity index (χ3n) is 3.10. The Morgan fingerprint density at radius 1 is 1.43 bits per heavy atom. The van der Waals surface area contributed by atoms with Crippen LogP contribution < -0.4 is 10.6 Å². The molecule has 0 spiro atoms. The quantitative estimate of drug-likeness (QED) is 0.639. The van der Waals surface area contributed by atoms with Crippen molar-refractivity contribution < 1.29 is 4.79 Å². The van der Waals surface area contributed by atoms with Crippen LogP contribution in [0.25, 0.3) is 0 Å². The zero-order valence-electron chi connectivity index (χ0n) is 8.75. The molecule has 2 aliphatic rings. The van der Waals surface area contributed by atoms with Crippen molar-refractivity contribution >= 4 is 6.03 Å². The van der Waals surface area contributed by atoms with Gasteiger partial charge in [-0.15, -0.1) is 0 Å². The van der Waals surface area contributed by atoms with Gasteiger partial charge in [0.25, 0.3) is 0 Å². The standard InChI is InChI=1S/C10H19N3O/c1-8-5-9(7-11-6-8)13-4-2-3-12-10(13)14/h8-9,11H,2-7H2,1H3,(H,12,14). The molecule has 0 aliphatic carbocycles. The van der Waals surface area contributed by atoms with Crippen LogP contribution in [0.15, 0.2) is 0 Å². The number of carbonyl (C=O) groups excluding carboxylic acids is 1. The SMILES string of the molecule is CC1CNCC(N2CCCNC2=O)C1. The van der Waals surface area contributed by atoms with Crippen LogP contribution in [-0.2, 0) is 0 Å². The summed E-state index contributed by atoms with van der Waals surface area (Å²) >= 11 is 0. The molecule has 0 aromatic heterocycles. The van der Waals surface area contributed by atoms with Crippen LogP contribution >= 0.6 is 0 Å². The third kappa shape index (κ3) is 2.00. The van der Waals surface area contributed by atoms with E-state index < -0.39 is 0 Å². The monoisotopic (exact) mass is 197 g/mol. The van der Waals surface area contributed by atoms with Gasteiger partial charge in [0.2, 0.25) is 0 Å². The average molecular weight is 197 g/mol. The topological polar surface area (TPSA) is 44.4 Å². The Kier molecular flexibility index (Phi) is 2.91. The summed E-state index contributed by atoms with van der Waals surface area (Å²) in [6, 6.07) is 0.524. The summed E-state index contributed by atoms with van der Waals surface area (Å²) in [7, 11) is 0. The molecule has 4 heteroatoms. The van der Waals surface area contributed by atoms with E-state index in [1.165, 1.54) is 0 Å². The fraction of sp³-hybridized carbons (Fsp3) is 0.900. The summed E-state index contributed by atoms with van der Waals surface area (Å²) in [6.45, 7) is 6.04. The first kappa shape index (κ1) is 9.77. The number of hydrogen-bond donors (Lipinski definition) is 2. The number of urea groups is 1. The Labute approximate surface area is 85.0 Å². The van der Waals surface area contributed by atoms with Crippen molar-refractivity contribution in [2.24, 2.45) is 5.92 Å². The van der Waals surface area contributed by atoms with Gasteiger partial charge in [0.1, 0.15) is 0 Å². The fourth-order valence-electron chi connectivity index (χ4n) is 2.36. The van der Waals surface area contributed by atoms with Crippen molar-refractivity contribution in [3.63, 3.8) is 0 Å². The van der Waals surface area contributed by atoms with Gasteiger partial charge in [-0.1, -0.05) is 6.92 Å². The van der Waals surface area contributed by atoms with Gasteiger partial charge < -0.3 is 15.5 Å². The molecule has 2 N–H and O–H groups in total. The summed E-state index contributed by atoms with van der Waals surface area (Å²) in [5, 5.41) is 6.28. The molecule has 2 amide bonds. The van der Waals surface area contributed by atoms with Crippen molar-refractivity contribution in [2.75, 3.05) is 26.2 Å². The van der Waals surface area contributed by atoms with Crippen molar-refractivity contribution in [2.45, 2.75) is 25.8 Å². The van der Waals surface area contributed by atoms with Crippen LogP contribution in [0.4, 0.5) is 4.79 Å². The van der Waals surface area contributed by atoms with Crippen molar-refractivity contribution in [3.05, 3.63) is 0 Å². The second-order valence-corrected chi connectivity index (χ2v) is 4.43. The largest absolute Gasteiger partial charge is 0.338 e. The Hall–Kier alpha value is -0.770. The van der Waals surface area contributed by atoms with E-state index in [0.29, 0.717) is 12.0 Å². The van der Waals surface area contributed by atoms with Gasteiger partial charge in [-0.25, -0.2) is 4.79 Å². The van der Waals surface area contributed by atoms with Crippen LogP contribution in [0.2, 0.25) is 0 Å². The number of nitrogens with zero attached hydrogens (tertiary/aromatic N) is 1. The Bertz CT molecular complexity index is 219. The van der Waals surface area contributed by atoms with E-state index in [-0.39, 0.29) is 6.03 Å². The maximum absolute atomic E-state index is 11.6. The molecule has 2 unspecified atom stereocenters. The molecule has 2 fully saturated rings. The van der Waals surface area contributed by atoms with Crippen LogP contribution in [0.1, 0.15) is 19.8 Å². The summed E-state index contributed by atoms with van der Waals surface area (Å²) in [5.41, 5.74) is 0. The van der Waals surface area contributed by atoms with Crippen LogP contribution in [0.3, 0.4) is 0 Å². The minimum absolute atomic E-state index is 0.122. The van der Waals surface area contributed by atoms with Crippen LogP contribution in [0, 0.1) is 5.92 Å². The van der Waals surface area contributed by atoms with E-state index in [4.69, 9.17) is 0 Å². The van der Waals surface area contributed by atoms with Crippen molar-refractivity contribution in [1.82, 2.24) is 15.5 Å². The first-order valence-corrected chi connectivity index (χ1v) is 5.52. The van der Waals surface area contributed by atoms with Gasteiger partial charge in [-0.05, 0) is 25.3 Å². The zero-order valence-corrected chi connectivity index (χ0v) is 8.75. The van der Waals surface area contributed by atoms with E-state index in [0.717, 1.165) is 39.0 Å². The zero-order chi connectivity index (χ0) is 9.97. The number of piperidine rings is 1. The lowest BCUT2D eigenvalue weighted by atomic mass is 9.96. The van der Waals surface area contributed by atoms with Crippen molar-refractivity contribution in [3.8, 4) is 0 Å². The molecular formula is C10H19N3O. The van der Waals surface area contributed by atoms with Crippen molar-refractivity contribution in [1.29, 1.82) is 0 Å². The molecule has 2 rings (SSSR count). The molecule has 0 bridgehead atoms. The first-order valence-electron chi connectivity index (χ1n) is 5.52. The molecule has 0 radical (unpaired) electrons. The third-order valence-corrected chi connectivity index (χ3v) is 3.10. The van der Waals surface area contributed by atoms with E-state index in [1.807, 2.05) is 4.90 Å². The van der Waals surface area contributed by atoms with Gasteiger partial charge in [0.05, 0.1) is 0 Å². The molecule has 0 saturated carbocycles. The Balaban J connectivity index is 1.94. The highest BCUT2D eigenvalue weighted by Crippen LogP contribution is 2.16. The molecule has 0 aromatic rings. The van der Waals surface area contributed by atoms with E-state index in [9.17, 15) is 4.79 Å². The summed E-state index contributed by atoms with van der Waals surface area (Å²) in [5.74, 6) is 0.684. The Morgan fingerprint density at radius 2 is 2.29 bits per heavy atom. The van der Waals surface area contributed by atoms with E-state index in [2.05, 4.69) is 17.6 Å². The minimum atomic E-state index is 0.122. The summed E-state index contributed by atoms with van der Waals surface area (Å²) in [4.78, 5) is 13.6. The van der Waals surface area contributed by atoms with Gasteiger partial charge >= 0.3 is 6.03 Å². The number of carbonyl (C=O) groups is 1. The molecule has 2 saturated heterocycles. The average Bonchev–Trinajstić information content (AvgIpc) is 2.18. The number of hydrogen-bond acceptors (Lipinski definition) is 2. The lowest BCUT2D eigenvalue weighted by Gasteiger charge is -2.39. The van der Waals surface area contributed by atoms with Crippen LogP contribution in [-0.4, -0.2) is 43.2 Å². The number of nitrogens with one attached hydrogen (secondary N) is 2. The van der Waals surface area contributed by atoms with Gasteiger partial charge in [-0.2, -0.15) is 0 Å². The van der Waals surface area contributed by atoms with Crippen LogP contribution in [0.5, 0.6) is 0 Å². The smallest absolute Gasteiger partial charge is 0.317 e. The molecule has 4 nitrogen and oxygen atoms in total. The van der Waals surface area contributed by atoms with E-state index >= 15 is 0 Å². The number of rotatable bonds is 1. The van der Waals surface area contributed by atoms with E-state index in [1.54, 1.807) is 0 Å². The number of amides is 2. The maximum atomic E-state index is 11.6. The Morgan fingerprint density at radius 3 is 3.00 bits per heavy atom. The second-order valence-electron chi connectivity index (χ2n) is 4.43.